The van der Waals surface area contributed by atoms with E-state index in [1.54, 1.807) is 35.1 Å². The molecule has 1 N–H and O–H groups in total. The fourth-order valence-corrected chi connectivity index (χ4v) is 1.65. The van der Waals surface area contributed by atoms with Crippen molar-refractivity contribution in [1.82, 2.24) is 9.78 Å². The van der Waals surface area contributed by atoms with Crippen molar-refractivity contribution >= 4 is 11.6 Å². The molecule has 2 aromatic rings. The van der Waals surface area contributed by atoms with Crippen LogP contribution >= 0.6 is 11.6 Å². The largest absolute Gasteiger partial charge is 0.491 e. The molecule has 0 saturated heterocycles. The summed E-state index contributed by atoms with van der Waals surface area (Å²) >= 11 is 5.77. The van der Waals surface area contributed by atoms with Crippen molar-refractivity contribution in [2.75, 3.05) is 6.61 Å². The molecule has 4 nitrogen and oxygen atoms in total. The second kappa shape index (κ2) is 5.89. The first-order chi connectivity index (χ1) is 8.69. The lowest BCUT2D eigenvalue weighted by Crippen LogP contribution is -2.09. The lowest BCUT2D eigenvalue weighted by atomic mass is 10.2. The summed E-state index contributed by atoms with van der Waals surface area (Å²) in [6.45, 7) is 2.97. The highest BCUT2D eigenvalue weighted by molar-refractivity contribution is 6.30. The molecule has 0 aliphatic carbocycles. The molecule has 2 rings (SSSR count). The van der Waals surface area contributed by atoms with Gasteiger partial charge >= 0.3 is 0 Å². The number of aryl methyl sites for hydroxylation is 1. The van der Waals surface area contributed by atoms with Crippen LogP contribution < -0.4 is 4.74 Å². The molecule has 0 aliphatic heterocycles. The van der Waals surface area contributed by atoms with Crippen LogP contribution in [0, 0.1) is 0 Å². The van der Waals surface area contributed by atoms with Crippen LogP contribution in [0.25, 0.3) is 0 Å². The summed E-state index contributed by atoms with van der Waals surface area (Å²) in [7, 11) is 0. The summed E-state index contributed by atoms with van der Waals surface area (Å²) in [5, 5.41) is 14.7. The quantitative estimate of drug-likeness (QED) is 0.905. The Balaban J connectivity index is 1.91. The predicted octanol–water partition coefficient (Wildman–Crippen LogP) is 2.67. The Morgan fingerprint density at radius 1 is 1.39 bits per heavy atom. The highest BCUT2D eigenvalue weighted by Gasteiger charge is 2.10. The SMILES string of the molecule is CCn1cc(C(O)COc2ccc(Cl)cc2)cn1. The summed E-state index contributed by atoms with van der Waals surface area (Å²) in [6, 6.07) is 7.03. The molecule has 18 heavy (non-hydrogen) atoms. The van der Waals surface area contributed by atoms with E-state index >= 15 is 0 Å². The molecule has 1 atom stereocenters. The minimum atomic E-state index is -0.680. The lowest BCUT2D eigenvalue weighted by molar-refractivity contribution is 0.108. The molecule has 1 heterocycles. The average Bonchev–Trinajstić information content (AvgIpc) is 2.86. The van der Waals surface area contributed by atoms with E-state index in [0.717, 1.165) is 12.1 Å². The maximum Gasteiger partial charge on any atom is 0.119 e. The Morgan fingerprint density at radius 2 is 2.11 bits per heavy atom. The number of nitrogens with zero attached hydrogens (tertiary/aromatic N) is 2. The lowest BCUT2D eigenvalue weighted by Gasteiger charge is -2.10. The van der Waals surface area contributed by atoms with Gasteiger partial charge in [-0.2, -0.15) is 5.10 Å². The standard InChI is InChI=1S/C13H15ClN2O2/c1-2-16-8-10(7-15-16)13(17)9-18-12-5-3-11(14)4-6-12/h3-8,13,17H,2,9H2,1H3. The summed E-state index contributed by atoms with van der Waals surface area (Å²) < 4.78 is 7.24. The van der Waals surface area contributed by atoms with Crippen LogP contribution in [-0.2, 0) is 6.54 Å². The van der Waals surface area contributed by atoms with E-state index in [0.29, 0.717) is 10.8 Å². The number of hydrogen-bond acceptors (Lipinski definition) is 3. The van der Waals surface area contributed by atoms with Crippen LogP contribution in [0.2, 0.25) is 5.02 Å². The molecular weight excluding hydrogens is 252 g/mol. The number of aliphatic hydroxyl groups excluding tert-OH is 1. The zero-order valence-corrected chi connectivity index (χ0v) is 10.8. The first-order valence-electron chi connectivity index (χ1n) is 5.78. The normalized spacial score (nSPS) is 12.4. The fraction of sp³-hybridized carbons (Fsp3) is 0.308. The minimum absolute atomic E-state index is 0.192. The molecule has 0 bridgehead atoms. The fourth-order valence-electron chi connectivity index (χ4n) is 1.53. The third-order valence-electron chi connectivity index (χ3n) is 2.58. The van der Waals surface area contributed by atoms with Crippen LogP contribution in [-0.4, -0.2) is 21.5 Å². The maximum atomic E-state index is 9.94. The number of ether oxygens (including phenoxy) is 1. The van der Waals surface area contributed by atoms with Gasteiger partial charge in [-0.25, -0.2) is 0 Å². The van der Waals surface area contributed by atoms with E-state index in [1.807, 2.05) is 13.1 Å². The summed E-state index contributed by atoms with van der Waals surface area (Å²) in [6.07, 6.45) is 2.79. The highest BCUT2D eigenvalue weighted by Crippen LogP contribution is 2.18. The van der Waals surface area contributed by atoms with E-state index in [9.17, 15) is 5.11 Å². The molecular formula is C13H15ClN2O2. The molecule has 0 spiro atoms. The van der Waals surface area contributed by atoms with E-state index in [4.69, 9.17) is 16.3 Å². The average molecular weight is 267 g/mol. The van der Waals surface area contributed by atoms with E-state index in [2.05, 4.69) is 5.10 Å². The molecule has 0 saturated carbocycles. The van der Waals surface area contributed by atoms with Crippen LogP contribution in [0.5, 0.6) is 5.75 Å². The van der Waals surface area contributed by atoms with E-state index in [1.165, 1.54) is 0 Å². The van der Waals surface area contributed by atoms with Crippen molar-refractivity contribution in [2.45, 2.75) is 19.6 Å². The van der Waals surface area contributed by atoms with E-state index < -0.39 is 6.10 Å². The highest BCUT2D eigenvalue weighted by atomic mass is 35.5. The van der Waals surface area contributed by atoms with Gasteiger partial charge in [-0.3, -0.25) is 4.68 Å². The van der Waals surface area contributed by atoms with Gasteiger partial charge < -0.3 is 9.84 Å². The Hall–Kier alpha value is -1.52. The van der Waals surface area contributed by atoms with Crippen molar-refractivity contribution in [1.29, 1.82) is 0 Å². The van der Waals surface area contributed by atoms with Gasteiger partial charge in [0.25, 0.3) is 0 Å². The molecule has 96 valence electrons. The topological polar surface area (TPSA) is 47.3 Å². The first-order valence-corrected chi connectivity index (χ1v) is 6.15. The zero-order valence-electron chi connectivity index (χ0n) is 10.1. The first kappa shape index (κ1) is 12.9. The molecule has 0 amide bonds. The summed E-state index contributed by atoms with van der Waals surface area (Å²) in [5.74, 6) is 0.682. The third kappa shape index (κ3) is 3.24. The Morgan fingerprint density at radius 3 is 2.72 bits per heavy atom. The summed E-state index contributed by atoms with van der Waals surface area (Å²) in [4.78, 5) is 0. The number of aromatic nitrogens is 2. The molecule has 0 radical (unpaired) electrons. The number of rotatable bonds is 5. The molecule has 1 aromatic carbocycles. The minimum Gasteiger partial charge on any atom is -0.491 e. The van der Waals surface area contributed by atoms with Crippen molar-refractivity contribution in [2.24, 2.45) is 0 Å². The predicted molar refractivity (Wildman–Crippen MR) is 69.8 cm³/mol. The van der Waals surface area contributed by atoms with Gasteiger partial charge in [0.1, 0.15) is 18.5 Å². The van der Waals surface area contributed by atoms with Gasteiger partial charge in [0.15, 0.2) is 0 Å². The molecule has 0 aliphatic rings. The Bertz CT molecular complexity index is 496. The number of benzene rings is 1. The van der Waals surface area contributed by atoms with Crippen molar-refractivity contribution < 1.29 is 9.84 Å². The van der Waals surface area contributed by atoms with Crippen molar-refractivity contribution in [3.8, 4) is 5.75 Å². The van der Waals surface area contributed by atoms with Crippen LogP contribution in [0.4, 0.5) is 0 Å². The zero-order chi connectivity index (χ0) is 13.0. The Kier molecular flexibility index (Phi) is 4.23. The van der Waals surface area contributed by atoms with Crippen molar-refractivity contribution in [3.63, 3.8) is 0 Å². The monoisotopic (exact) mass is 266 g/mol. The van der Waals surface area contributed by atoms with E-state index in [-0.39, 0.29) is 6.61 Å². The van der Waals surface area contributed by atoms with Gasteiger partial charge in [-0.15, -0.1) is 0 Å². The van der Waals surface area contributed by atoms with Gasteiger partial charge in [0, 0.05) is 23.3 Å². The molecule has 1 aromatic heterocycles. The number of hydrogen-bond donors (Lipinski definition) is 1. The van der Waals surface area contributed by atoms with Gasteiger partial charge in [0.05, 0.1) is 6.20 Å². The Labute approximate surface area is 111 Å². The third-order valence-corrected chi connectivity index (χ3v) is 2.84. The number of aliphatic hydroxyl groups is 1. The second-order valence-electron chi connectivity index (χ2n) is 3.91. The maximum absolute atomic E-state index is 9.94. The van der Waals surface area contributed by atoms with Gasteiger partial charge in [-0.1, -0.05) is 11.6 Å². The van der Waals surface area contributed by atoms with Crippen LogP contribution in [0.3, 0.4) is 0 Å². The molecule has 1 unspecified atom stereocenters. The molecule has 5 heteroatoms. The van der Waals surface area contributed by atoms with Crippen LogP contribution in [0.1, 0.15) is 18.6 Å². The smallest absolute Gasteiger partial charge is 0.119 e. The number of halogens is 1. The van der Waals surface area contributed by atoms with Gasteiger partial charge in [-0.05, 0) is 31.2 Å². The molecule has 0 fully saturated rings. The second-order valence-corrected chi connectivity index (χ2v) is 4.35. The van der Waals surface area contributed by atoms with Gasteiger partial charge in [0.2, 0.25) is 0 Å². The summed E-state index contributed by atoms with van der Waals surface area (Å²) in [5.41, 5.74) is 0.755. The van der Waals surface area contributed by atoms with Crippen LogP contribution in [0.15, 0.2) is 36.7 Å². The van der Waals surface area contributed by atoms with Crippen molar-refractivity contribution in [3.05, 3.63) is 47.2 Å².